The summed E-state index contributed by atoms with van der Waals surface area (Å²) in [6.07, 6.45) is 10.5. The summed E-state index contributed by atoms with van der Waals surface area (Å²) in [5.74, 6) is -1.00. The monoisotopic (exact) mass is 370 g/mol. The first kappa shape index (κ1) is 22.8. The van der Waals surface area contributed by atoms with Gasteiger partial charge in [0.1, 0.15) is 0 Å². The molecule has 6 nitrogen and oxygen atoms in total. The van der Waals surface area contributed by atoms with Crippen LogP contribution in [0.25, 0.3) is 0 Å². The molecular weight excluding hydrogens is 336 g/mol. The van der Waals surface area contributed by atoms with Crippen molar-refractivity contribution in [1.82, 2.24) is 0 Å². The fraction of sp³-hybridized carbons (Fsp3) is 0.750. The molecule has 0 saturated carbocycles. The molecule has 26 heavy (non-hydrogen) atoms. The van der Waals surface area contributed by atoms with E-state index >= 15 is 0 Å². The Balaban J connectivity index is 2.52. The van der Waals surface area contributed by atoms with Crippen LogP contribution in [0.4, 0.5) is 0 Å². The molecular formula is C20H34O6. The predicted molar refractivity (Wildman–Crippen MR) is 99.5 cm³/mol. The van der Waals surface area contributed by atoms with Crippen LogP contribution in [0.5, 0.6) is 0 Å². The lowest BCUT2D eigenvalue weighted by atomic mass is 9.87. The number of hydrogen-bond acceptors (Lipinski definition) is 5. The molecule has 6 heteroatoms. The molecule has 0 radical (unpaired) electrons. The molecule has 0 amide bonds. The van der Waals surface area contributed by atoms with Crippen molar-refractivity contribution in [2.75, 3.05) is 0 Å². The lowest BCUT2D eigenvalue weighted by Gasteiger charge is -2.36. The average molecular weight is 370 g/mol. The smallest absolute Gasteiger partial charge is 0.303 e. The molecule has 1 fully saturated rings. The minimum absolute atomic E-state index is 0.146. The molecule has 0 aliphatic carbocycles. The van der Waals surface area contributed by atoms with Crippen LogP contribution < -0.4 is 0 Å². The van der Waals surface area contributed by atoms with E-state index in [-0.39, 0.29) is 18.8 Å². The highest BCUT2D eigenvalue weighted by atomic mass is 16.6. The summed E-state index contributed by atoms with van der Waals surface area (Å²) in [7, 11) is 0. The molecule has 0 aromatic heterocycles. The summed E-state index contributed by atoms with van der Waals surface area (Å²) in [6.45, 7) is 2.11. The maximum Gasteiger partial charge on any atom is 0.303 e. The Kier molecular flexibility index (Phi) is 11.4. The van der Waals surface area contributed by atoms with Gasteiger partial charge in [0.15, 0.2) is 6.29 Å². The Morgan fingerprint density at radius 3 is 2.69 bits per heavy atom. The molecule has 1 saturated heterocycles. The number of aliphatic hydroxyl groups is 3. The fourth-order valence-electron chi connectivity index (χ4n) is 3.10. The number of aliphatic carboxylic acids is 1. The number of ether oxygens (including phenoxy) is 1. The van der Waals surface area contributed by atoms with E-state index in [0.717, 1.165) is 19.3 Å². The van der Waals surface area contributed by atoms with Crippen molar-refractivity contribution in [1.29, 1.82) is 0 Å². The Morgan fingerprint density at radius 2 is 2.00 bits per heavy atom. The molecule has 0 aromatic carbocycles. The van der Waals surface area contributed by atoms with E-state index in [1.807, 2.05) is 12.2 Å². The Hall–Kier alpha value is -1.21. The summed E-state index contributed by atoms with van der Waals surface area (Å²) >= 11 is 0. The van der Waals surface area contributed by atoms with Crippen molar-refractivity contribution < 1.29 is 30.0 Å². The van der Waals surface area contributed by atoms with Gasteiger partial charge in [-0.15, -0.1) is 0 Å². The maximum absolute atomic E-state index is 10.5. The SMILES string of the molecule is CCCCC[C@@H](O)/C=C/[C@@H]1OC(O)C[C@@H](O)[C@H]1C/C=C\CCCC(=O)O. The first-order valence-electron chi connectivity index (χ1n) is 9.68. The molecule has 0 spiro atoms. The second kappa shape index (κ2) is 13.0. The van der Waals surface area contributed by atoms with Crippen LogP contribution in [-0.2, 0) is 9.53 Å². The minimum atomic E-state index is -1.01. The minimum Gasteiger partial charge on any atom is -0.481 e. The van der Waals surface area contributed by atoms with E-state index in [4.69, 9.17) is 9.84 Å². The van der Waals surface area contributed by atoms with Crippen LogP contribution in [-0.4, -0.2) is 51.0 Å². The summed E-state index contributed by atoms with van der Waals surface area (Å²) in [4.78, 5) is 10.5. The molecule has 1 aliphatic rings. The van der Waals surface area contributed by atoms with Crippen LogP contribution in [0.2, 0.25) is 0 Å². The van der Waals surface area contributed by atoms with Gasteiger partial charge in [-0.3, -0.25) is 4.79 Å². The number of carboxylic acids is 1. The molecule has 4 N–H and O–H groups in total. The van der Waals surface area contributed by atoms with E-state index in [1.165, 1.54) is 0 Å². The molecule has 1 rings (SSSR count). The Bertz CT molecular complexity index is 448. The third-order valence-corrected chi connectivity index (χ3v) is 4.64. The van der Waals surface area contributed by atoms with Crippen molar-refractivity contribution in [3.8, 4) is 0 Å². The normalized spacial score (nSPS) is 28.0. The topological polar surface area (TPSA) is 107 Å². The number of allylic oxidation sites excluding steroid dienone is 2. The summed E-state index contributed by atoms with van der Waals surface area (Å²) < 4.78 is 5.54. The number of rotatable bonds is 12. The van der Waals surface area contributed by atoms with Gasteiger partial charge in [0.2, 0.25) is 0 Å². The van der Waals surface area contributed by atoms with Crippen LogP contribution in [0.15, 0.2) is 24.3 Å². The number of carboxylic acid groups (broad SMARTS) is 1. The third-order valence-electron chi connectivity index (χ3n) is 4.64. The third kappa shape index (κ3) is 9.48. The van der Waals surface area contributed by atoms with E-state index in [9.17, 15) is 20.1 Å². The van der Waals surface area contributed by atoms with Crippen molar-refractivity contribution in [2.24, 2.45) is 5.92 Å². The lowest BCUT2D eigenvalue weighted by Crippen LogP contribution is -2.43. The standard InChI is InChI=1S/C20H34O6/c1-2-3-6-9-15(21)12-13-18-16(17(22)14-20(25)26-18)10-7-4-5-8-11-19(23)24/h4,7,12-13,15-18,20-22,25H,2-3,5-6,8-11,14H2,1H3,(H,23,24)/b7-4-,13-12+/t15-,16-,17-,18+,20?/m1/s1. The first-order chi connectivity index (χ1) is 12.4. The molecule has 1 unspecified atom stereocenters. The van der Waals surface area contributed by atoms with Gasteiger partial charge in [-0.05, 0) is 25.7 Å². The van der Waals surface area contributed by atoms with Gasteiger partial charge in [-0.1, -0.05) is 50.5 Å². The second-order valence-corrected chi connectivity index (χ2v) is 6.96. The van der Waals surface area contributed by atoms with Crippen molar-refractivity contribution in [3.63, 3.8) is 0 Å². The highest BCUT2D eigenvalue weighted by Crippen LogP contribution is 2.29. The van der Waals surface area contributed by atoms with Crippen molar-refractivity contribution in [3.05, 3.63) is 24.3 Å². The van der Waals surface area contributed by atoms with Crippen LogP contribution in [0.3, 0.4) is 0 Å². The largest absolute Gasteiger partial charge is 0.481 e. The van der Waals surface area contributed by atoms with Crippen LogP contribution >= 0.6 is 0 Å². The van der Waals surface area contributed by atoms with Crippen LogP contribution in [0, 0.1) is 5.92 Å². The van der Waals surface area contributed by atoms with Gasteiger partial charge >= 0.3 is 5.97 Å². The first-order valence-corrected chi connectivity index (χ1v) is 9.68. The van der Waals surface area contributed by atoms with Gasteiger partial charge in [0.05, 0.1) is 18.3 Å². The Labute approximate surface area is 156 Å². The quantitative estimate of drug-likeness (QED) is 0.311. The molecule has 0 bridgehead atoms. The summed E-state index contributed by atoms with van der Waals surface area (Å²) in [5, 5.41) is 38.7. The maximum atomic E-state index is 10.5. The van der Waals surface area contributed by atoms with Gasteiger partial charge in [-0.2, -0.15) is 0 Å². The van der Waals surface area contributed by atoms with E-state index in [1.54, 1.807) is 12.2 Å². The highest BCUT2D eigenvalue weighted by Gasteiger charge is 2.35. The molecule has 0 aromatic rings. The average Bonchev–Trinajstić information content (AvgIpc) is 2.57. The zero-order chi connectivity index (χ0) is 19.4. The molecule has 1 aliphatic heterocycles. The van der Waals surface area contributed by atoms with Gasteiger partial charge in [-0.25, -0.2) is 0 Å². The van der Waals surface area contributed by atoms with Gasteiger partial charge < -0.3 is 25.2 Å². The number of hydrogen-bond donors (Lipinski definition) is 4. The highest BCUT2D eigenvalue weighted by molar-refractivity contribution is 5.66. The molecule has 1 heterocycles. The lowest BCUT2D eigenvalue weighted by molar-refractivity contribution is -0.199. The fourth-order valence-corrected chi connectivity index (χ4v) is 3.10. The van der Waals surface area contributed by atoms with Gasteiger partial charge in [0.25, 0.3) is 0 Å². The second-order valence-electron chi connectivity index (χ2n) is 6.96. The van der Waals surface area contributed by atoms with Gasteiger partial charge in [0, 0.05) is 18.8 Å². The summed E-state index contributed by atoms with van der Waals surface area (Å²) in [6, 6.07) is 0. The zero-order valence-electron chi connectivity index (χ0n) is 15.7. The van der Waals surface area contributed by atoms with E-state index < -0.39 is 30.6 Å². The van der Waals surface area contributed by atoms with Crippen molar-refractivity contribution >= 4 is 5.97 Å². The number of unbranched alkanes of at least 4 members (excludes halogenated alkanes) is 3. The predicted octanol–water partition coefficient (Wildman–Crippen LogP) is 2.77. The summed E-state index contributed by atoms with van der Waals surface area (Å²) in [5.41, 5.74) is 0. The van der Waals surface area contributed by atoms with Crippen molar-refractivity contribution in [2.45, 2.75) is 89.3 Å². The number of carbonyl (C=O) groups is 1. The Morgan fingerprint density at radius 1 is 1.23 bits per heavy atom. The molecule has 5 atom stereocenters. The zero-order valence-corrected chi connectivity index (χ0v) is 15.7. The van der Waals surface area contributed by atoms with E-state index in [0.29, 0.717) is 25.7 Å². The molecule has 150 valence electrons. The van der Waals surface area contributed by atoms with Crippen LogP contribution in [0.1, 0.15) is 64.7 Å². The van der Waals surface area contributed by atoms with E-state index in [2.05, 4.69) is 6.92 Å². The number of aliphatic hydroxyl groups excluding tert-OH is 3.